The summed E-state index contributed by atoms with van der Waals surface area (Å²) in [7, 11) is 0. The van der Waals surface area contributed by atoms with Crippen LogP contribution in [0.4, 0.5) is 5.69 Å². The summed E-state index contributed by atoms with van der Waals surface area (Å²) in [4.78, 5) is 22.0. The molecule has 2 heterocycles. The minimum atomic E-state index is -0.105. The molecule has 0 bridgehead atoms. The highest BCUT2D eigenvalue weighted by atomic mass is 32.1. The maximum atomic E-state index is 12.4. The van der Waals surface area contributed by atoms with Crippen LogP contribution in [0, 0.1) is 13.8 Å². The molecule has 130 valence electrons. The summed E-state index contributed by atoms with van der Waals surface area (Å²) in [6.07, 6.45) is 0.792. The summed E-state index contributed by atoms with van der Waals surface area (Å²) in [6, 6.07) is 16.1. The van der Waals surface area contributed by atoms with Gasteiger partial charge in [-0.25, -0.2) is 9.97 Å². The zero-order valence-corrected chi connectivity index (χ0v) is 16.1. The second-order valence-electron chi connectivity index (χ2n) is 6.05. The van der Waals surface area contributed by atoms with Crippen LogP contribution < -0.4 is 5.32 Å². The molecule has 0 spiro atoms. The van der Waals surface area contributed by atoms with Crippen LogP contribution in [0.1, 0.15) is 30.9 Å². The number of nitrogens with one attached hydrogen (secondary N) is 1. The first-order valence-corrected chi connectivity index (χ1v) is 9.90. The number of thiazole rings is 2. The largest absolute Gasteiger partial charge is 0.321 e. The Morgan fingerprint density at radius 3 is 2.46 bits per heavy atom. The van der Waals surface area contributed by atoms with Gasteiger partial charge in [-0.15, -0.1) is 22.7 Å². The van der Waals surface area contributed by atoms with E-state index >= 15 is 0 Å². The lowest BCUT2D eigenvalue weighted by Crippen LogP contribution is -2.11. The van der Waals surface area contributed by atoms with E-state index in [0.717, 1.165) is 33.3 Å². The first-order valence-electron chi connectivity index (χ1n) is 8.27. The molecule has 1 amide bonds. The third-order valence-corrected chi connectivity index (χ3v) is 6.12. The molecule has 0 saturated heterocycles. The summed E-state index contributed by atoms with van der Waals surface area (Å²) in [5.41, 5.74) is 3.78. The Kier molecular flexibility index (Phi) is 4.53. The zero-order valence-electron chi connectivity index (χ0n) is 14.4. The SMILES string of the molecule is Cc1nc(C)c(C(=O)Nc2ccc(Cc3nc4ccccc4s3)cc2)s1. The van der Waals surface area contributed by atoms with E-state index in [1.54, 1.807) is 11.3 Å². The standard InChI is InChI=1S/C20H17N3OS2/c1-12-19(25-13(2)21-12)20(24)22-15-9-7-14(8-10-15)11-18-23-16-5-3-4-6-17(16)26-18/h3-10H,11H2,1-2H3,(H,22,24). The molecule has 0 radical (unpaired) electrons. The number of aryl methyl sites for hydroxylation is 2. The molecule has 0 aliphatic heterocycles. The Morgan fingerprint density at radius 2 is 1.77 bits per heavy atom. The number of aromatic nitrogens is 2. The normalized spacial score (nSPS) is 11.0. The smallest absolute Gasteiger partial charge is 0.267 e. The predicted molar refractivity (Wildman–Crippen MR) is 108 cm³/mol. The second kappa shape index (κ2) is 6.97. The van der Waals surface area contributed by atoms with Crippen molar-refractivity contribution in [1.82, 2.24) is 9.97 Å². The fraction of sp³-hybridized carbons (Fsp3) is 0.150. The van der Waals surface area contributed by atoms with Crippen LogP contribution in [0.5, 0.6) is 0 Å². The summed E-state index contributed by atoms with van der Waals surface area (Å²) in [5.74, 6) is -0.105. The van der Waals surface area contributed by atoms with E-state index in [4.69, 9.17) is 0 Å². The molecule has 6 heteroatoms. The average Bonchev–Trinajstić information content (AvgIpc) is 3.18. The van der Waals surface area contributed by atoms with E-state index < -0.39 is 0 Å². The molecule has 2 aromatic heterocycles. The van der Waals surface area contributed by atoms with Crippen LogP contribution in [0.2, 0.25) is 0 Å². The number of anilines is 1. The highest BCUT2D eigenvalue weighted by molar-refractivity contribution is 7.18. The second-order valence-corrected chi connectivity index (χ2v) is 8.37. The summed E-state index contributed by atoms with van der Waals surface area (Å²) < 4.78 is 1.21. The van der Waals surface area contributed by atoms with Gasteiger partial charge in [-0.1, -0.05) is 24.3 Å². The van der Waals surface area contributed by atoms with Crippen molar-refractivity contribution in [2.24, 2.45) is 0 Å². The Labute approximate surface area is 159 Å². The topological polar surface area (TPSA) is 54.9 Å². The molecule has 0 saturated carbocycles. The first-order chi connectivity index (χ1) is 12.6. The van der Waals surface area contributed by atoms with Crippen LogP contribution in [0.15, 0.2) is 48.5 Å². The molecule has 0 atom stereocenters. The third-order valence-electron chi connectivity index (χ3n) is 4.02. The Hall–Kier alpha value is -2.57. The summed E-state index contributed by atoms with van der Waals surface area (Å²) in [6.45, 7) is 3.77. The van der Waals surface area contributed by atoms with Crippen LogP contribution >= 0.6 is 22.7 Å². The average molecular weight is 380 g/mol. The van der Waals surface area contributed by atoms with Gasteiger partial charge in [0.05, 0.1) is 25.9 Å². The van der Waals surface area contributed by atoms with Gasteiger partial charge >= 0.3 is 0 Å². The van der Waals surface area contributed by atoms with E-state index in [1.165, 1.54) is 21.6 Å². The number of carbonyl (C=O) groups is 1. The van der Waals surface area contributed by atoms with Gasteiger partial charge in [0.25, 0.3) is 5.91 Å². The number of amides is 1. The van der Waals surface area contributed by atoms with Crippen LogP contribution in [0.3, 0.4) is 0 Å². The van der Waals surface area contributed by atoms with Crippen LogP contribution in [-0.4, -0.2) is 15.9 Å². The highest BCUT2D eigenvalue weighted by Crippen LogP contribution is 2.24. The minimum absolute atomic E-state index is 0.105. The summed E-state index contributed by atoms with van der Waals surface area (Å²) in [5, 5.41) is 4.94. The van der Waals surface area contributed by atoms with Gasteiger partial charge in [-0.2, -0.15) is 0 Å². The fourth-order valence-corrected chi connectivity index (χ4v) is 4.62. The lowest BCUT2D eigenvalue weighted by molar-refractivity contribution is 0.103. The quantitative estimate of drug-likeness (QED) is 0.529. The molecule has 2 aromatic carbocycles. The fourth-order valence-electron chi connectivity index (χ4n) is 2.81. The molecule has 26 heavy (non-hydrogen) atoms. The van der Waals surface area contributed by atoms with Gasteiger partial charge in [-0.3, -0.25) is 4.79 Å². The molecule has 4 nitrogen and oxygen atoms in total. The molecule has 4 aromatic rings. The van der Waals surface area contributed by atoms with Gasteiger partial charge in [0.15, 0.2) is 0 Å². The molecule has 0 unspecified atom stereocenters. The van der Waals surface area contributed by atoms with Crippen molar-refractivity contribution in [3.63, 3.8) is 0 Å². The van der Waals surface area contributed by atoms with Crippen molar-refractivity contribution < 1.29 is 4.79 Å². The monoisotopic (exact) mass is 379 g/mol. The molecule has 0 aliphatic carbocycles. The van der Waals surface area contributed by atoms with Gasteiger partial charge in [0.1, 0.15) is 4.88 Å². The van der Waals surface area contributed by atoms with Crippen molar-refractivity contribution >= 4 is 44.5 Å². The number of fused-ring (bicyclic) bond motifs is 1. The number of rotatable bonds is 4. The summed E-state index contributed by atoms with van der Waals surface area (Å²) >= 11 is 3.14. The number of hydrogen-bond donors (Lipinski definition) is 1. The van der Waals surface area contributed by atoms with Crippen molar-refractivity contribution in [2.75, 3.05) is 5.32 Å². The number of carbonyl (C=O) groups excluding carboxylic acids is 1. The number of hydrogen-bond acceptors (Lipinski definition) is 5. The van der Waals surface area contributed by atoms with Gasteiger partial charge in [0, 0.05) is 12.1 Å². The highest BCUT2D eigenvalue weighted by Gasteiger charge is 2.14. The first kappa shape index (κ1) is 16.9. The minimum Gasteiger partial charge on any atom is -0.321 e. The maximum absolute atomic E-state index is 12.4. The maximum Gasteiger partial charge on any atom is 0.267 e. The van der Waals surface area contributed by atoms with E-state index in [1.807, 2.05) is 56.3 Å². The number of para-hydroxylation sites is 1. The van der Waals surface area contributed by atoms with E-state index in [0.29, 0.717) is 4.88 Å². The Morgan fingerprint density at radius 1 is 1.00 bits per heavy atom. The number of nitrogens with zero attached hydrogens (tertiary/aromatic N) is 2. The van der Waals surface area contributed by atoms with Gasteiger partial charge in [0.2, 0.25) is 0 Å². The third kappa shape index (κ3) is 3.52. The van der Waals surface area contributed by atoms with E-state index in [2.05, 4.69) is 21.4 Å². The molecule has 4 rings (SSSR count). The Balaban J connectivity index is 1.46. The Bertz CT molecular complexity index is 1050. The lowest BCUT2D eigenvalue weighted by Gasteiger charge is -2.05. The van der Waals surface area contributed by atoms with Crippen molar-refractivity contribution in [2.45, 2.75) is 20.3 Å². The zero-order chi connectivity index (χ0) is 18.1. The van der Waals surface area contributed by atoms with Crippen LogP contribution in [0.25, 0.3) is 10.2 Å². The van der Waals surface area contributed by atoms with Crippen molar-refractivity contribution in [1.29, 1.82) is 0 Å². The van der Waals surface area contributed by atoms with Gasteiger partial charge < -0.3 is 5.32 Å². The molecule has 1 N–H and O–H groups in total. The van der Waals surface area contributed by atoms with E-state index in [-0.39, 0.29) is 5.91 Å². The lowest BCUT2D eigenvalue weighted by atomic mass is 10.1. The van der Waals surface area contributed by atoms with E-state index in [9.17, 15) is 4.79 Å². The van der Waals surface area contributed by atoms with Crippen molar-refractivity contribution in [3.8, 4) is 0 Å². The molecular formula is C20H17N3OS2. The van der Waals surface area contributed by atoms with Crippen molar-refractivity contribution in [3.05, 3.63) is 74.7 Å². The van der Waals surface area contributed by atoms with Gasteiger partial charge in [-0.05, 0) is 43.7 Å². The predicted octanol–water partition coefficient (Wildman–Crippen LogP) is 5.21. The molecular weight excluding hydrogens is 362 g/mol. The molecule has 0 aliphatic rings. The molecule has 0 fully saturated rings. The van der Waals surface area contributed by atoms with Crippen LogP contribution in [-0.2, 0) is 6.42 Å². The number of benzene rings is 2.